The highest BCUT2D eigenvalue weighted by molar-refractivity contribution is 4.74. The van der Waals surface area contributed by atoms with Gasteiger partial charge in [-0.25, -0.2) is 10.0 Å². The second kappa shape index (κ2) is 3.52. The second-order valence-corrected chi connectivity index (χ2v) is 3.62. The summed E-state index contributed by atoms with van der Waals surface area (Å²) in [7, 11) is 6.41. The molecule has 1 aliphatic heterocycles. The van der Waals surface area contributed by atoms with Gasteiger partial charge in [0.25, 0.3) is 0 Å². The predicted octanol–water partition coefficient (Wildman–Crippen LogP) is 0.0989. The van der Waals surface area contributed by atoms with Gasteiger partial charge in [0.2, 0.25) is 0 Å². The van der Waals surface area contributed by atoms with Gasteiger partial charge in [-0.3, -0.25) is 0 Å². The molecule has 0 aromatic heterocycles. The number of hydrogen-bond acceptors (Lipinski definition) is 3. The minimum atomic E-state index is 0.656. The molecule has 0 aromatic carbocycles. The third kappa shape index (κ3) is 2.15. The molecule has 1 saturated heterocycles. The summed E-state index contributed by atoms with van der Waals surface area (Å²) in [5.41, 5.74) is 0. The zero-order valence-corrected chi connectivity index (χ0v) is 8.04. The van der Waals surface area contributed by atoms with E-state index in [1.54, 1.807) is 0 Å². The normalized spacial score (nSPS) is 29.7. The summed E-state index contributed by atoms with van der Waals surface area (Å²) in [6.45, 7) is 5.79. The first-order valence-corrected chi connectivity index (χ1v) is 4.23. The van der Waals surface area contributed by atoms with Gasteiger partial charge in [0.05, 0.1) is 0 Å². The van der Waals surface area contributed by atoms with Gasteiger partial charge in [-0.2, -0.15) is 0 Å². The van der Waals surface area contributed by atoms with Gasteiger partial charge in [0.1, 0.15) is 0 Å². The third-order valence-electron chi connectivity index (χ3n) is 2.31. The van der Waals surface area contributed by atoms with Crippen molar-refractivity contribution in [3.63, 3.8) is 0 Å². The fourth-order valence-electron chi connectivity index (χ4n) is 1.72. The van der Waals surface area contributed by atoms with Gasteiger partial charge in [-0.1, -0.05) is 0 Å². The van der Waals surface area contributed by atoms with Gasteiger partial charge >= 0.3 is 0 Å². The molecule has 1 fully saturated rings. The summed E-state index contributed by atoms with van der Waals surface area (Å²) in [5.74, 6) is 0. The van der Waals surface area contributed by atoms with Crippen molar-refractivity contribution in [3.8, 4) is 0 Å². The lowest BCUT2D eigenvalue weighted by Gasteiger charge is -2.41. The van der Waals surface area contributed by atoms with Gasteiger partial charge in [-0.15, -0.1) is 0 Å². The highest BCUT2D eigenvalue weighted by Crippen LogP contribution is 2.07. The predicted molar refractivity (Wildman–Crippen MR) is 47.4 cm³/mol. The first kappa shape index (κ1) is 8.97. The van der Waals surface area contributed by atoms with Crippen LogP contribution < -0.4 is 0 Å². The summed E-state index contributed by atoms with van der Waals surface area (Å²) in [4.78, 5) is 2.38. The Kier molecular flexibility index (Phi) is 2.87. The fourth-order valence-corrected chi connectivity index (χ4v) is 1.72. The van der Waals surface area contributed by atoms with Crippen molar-refractivity contribution in [2.24, 2.45) is 0 Å². The summed E-state index contributed by atoms with van der Waals surface area (Å²) in [5, 5.41) is 4.59. The van der Waals surface area contributed by atoms with E-state index in [0.29, 0.717) is 6.04 Å². The standard InChI is InChI=1S/C8H19N3/c1-8-7-10(4)5-6-11(8)9(2)3/h8H,5-7H2,1-4H3. The topological polar surface area (TPSA) is 9.72 Å². The zero-order valence-electron chi connectivity index (χ0n) is 8.04. The number of piperazine rings is 1. The van der Waals surface area contributed by atoms with Gasteiger partial charge in [-0.05, 0) is 14.0 Å². The van der Waals surface area contributed by atoms with E-state index in [-0.39, 0.29) is 0 Å². The second-order valence-electron chi connectivity index (χ2n) is 3.62. The van der Waals surface area contributed by atoms with Crippen molar-refractivity contribution >= 4 is 0 Å². The van der Waals surface area contributed by atoms with E-state index in [1.807, 2.05) is 0 Å². The van der Waals surface area contributed by atoms with Crippen molar-refractivity contribution in [2.45, 2.75) is 13.0 Å². The van der Waals surface area contributed by atoms with E-state index >= 15 is 0 Å². The minimum Gasteiger partial charge on any atom is -0.303 e. The summed E-state index contributed by atoms with van der Waals surface area (Å²) in [6.07, 6.45) is 0. The Balaban J connectivity index is 2.44. The van der Waals surface area contributed by atoms with Crippen molar-refractivity contribution in [1.29, 1.82) is 0 Å². The lowest BCUT2D eigenvalue weighted by molar-refractivity contribution is -0.0518. The summed E-state index contributed by atoms with van der Waals surface area (Å²) < 4.78 is 0. The fraction of sp³-hybridized carbons (Fsp3) is 1.00. The van der Waals surface area contributed by atoms with Crippen molar-refractivity contribution in [1.82, 2.24) is 14.9 Å². The number of nitrogens with zero attached hydrogens (tertiary/aromatic N) is 3. The molecule has 0 saturated carbocycles. The first-order valence-electron chi connectivity index (χ1n) is 4.23. The number of hydrazine groups is 1. The van der Waals surface area contributed by atoms with Crippen LogP contribution in [0.3, 0.4) is 0 Å². The van der Waals surface area contributed by atoms with Crippen LogP contribution in [0.4, 0.5) is 0 Å². The highest BCUT2D eigenvalue weighted by Gasteiger charge is 2.22. The molecule has 3 nitrogen and oxygen atoms in total. The molecule has 1 rings (SSSR count). The van der Waals surface area contributed by atoms with E-state index in [2.05, 4.69) is 43.0 Å². The quantitative estimate of drug-likeness (QED) is 0.534. The van der Waals surface area contributed by atoms with Gasteiger partial charge < -0.3 is 4.90 Å². The molecule has 66 valence electrons. The molecule has 3 heteroatoms. The molecule has 0 amide bonds. The van der Waals surface area contributed by atoms with Crippen molar-refractivity contribution in [2.75, 3.05) is 40.8 Å². The zero-order chi connectivity index (χ0) is 8.43. The van der Waals surface area contributed by atoms with E-state index in [9.17, 15) is 0 Å². The van der Waals surface area contributed by atoms with E-state index in [0.717, 1.165) is 6.54 Å². The molecule has 1 heterocycles. The van der Waals surface area contributed by atoms with Gasteiger partial charge in [0.15, 0.2) is 0 Å². The third-order valence-corrected chi connectivity index (χ3v) is 2.31. The maximum atomic E-state index is 2.40. The molecule has 0 aromatic rings. The van der Waals surface area contributed by atoms with Crippen LogP contribution in [0.5, 0.6) is 0 Å². The lowest BCUT2D eigenvalue weighted by Crippen LogP contribution is -2.55. The van der Waals surface area contributed by atoms with Crippen LogP contribution in [0.15, 0.2) is 0 Å². The largest absolute Gasteiger partial charge is 0.303 e. The van der Waals surface area contributed by atoms with Crippen LogP contribution >= 0.6 is 0 Å². The van der Waals surface area contributed by atoms with Crippen LogP contribution in [0, 0.1) is 0 Å². The maximum Gasteiger partial charge on any atom is 0.0345 e. The molecule has 1 aliphatic rings. The Hall–Kier alpha value is -0.120. The van der Waals surface area contributed by atoms with Crippen molar-refractivity contribution < 1.29 is 0 Å². The molecule has 0 bridgehead atoms. The number of rotatable bonds is 1. The highest BCUT2D eigenvalue weighted by atomic mass is 15.6. The Morgan fingerprint density at radius 2 is 1.91 bits per heavy atom. The molecule has 1 atom stereocenters. The average molecular weight is 157 g/mol. The molecule has 0 radical (unpaired) electrons. The summed E-state index contributed by atoms with van der Waals surface area (Å²) >= 11 is 0. The van der Waals surface area contributed by atoms with Crippen LogP contribution in [-0.2, 0) is 0 Å². The van der Waals surface area contributed by atoms with E-state index in [1.165, 1.54) is 13.1 Å². The molecule has 11 heavy (non-hydrogen) atoms. The molecule has 1 unspecified atom stereocenters. The van der Waals surface area contributed by atoms with E-state index < -0.39 is 0 Å². The van der Waals surface area contributed by atoms with Crippen LogP contribution in [0.2, 0.25) is 0 Å². The Morgan fingerprint density at radius 1 is 1.27 bits per heavy atom. The first-order chi connectivity index (χ1) is 5.11. The van der Waals surface area contributed by atoms with E-state index in [4.69, 9.17) is 0 Å². The molecule has 0 N–H and O–H groups in total. The Labute approximate surface area is 69.5 Å². The smallest absolute Gasteiger partial charge is 0.0345 e. The summed E-state index contributed by atoms with van der Waals surface area (Å²) in [6, 6.07) is 0.656. The maximum absolute atomic E-state index is 2.40. The number of hydrogen-bond donors (Lipinski definition) is 0. The lowest BCUT2D eigenvalue weighted by atomic mass is 10.2. The van der Waals surface area contributed by atoms with Crippen LogP contribution in [0.25, 0.3) is 0 Å². The Bertz CT molecular complexity index is 125. The molecule has 0 spiro atoms. The Morgan fingerprint density at radius 3 is 2.36 bits per heavy atom. The van der Waals surface area contributed by atoms with Crippen LogP contribution in [-0.4, -0.2) is 61.7 Å². The minimum absolute atomic E-state index is 0.656. The molecular weight excluding hydrogens is 138 g/mol. The average Bonchev–Trinajstić information content (AvgIpc) is 1.85. The van der Waals surface area contributed by atoms with Crippen molar-refractivity contribution in [3.05, 3.63) is 0 Å². The monoisotopic (exact) mass is 157 g/mol. The molecular formula is C8H19N3. The molecule has 0 aliphatic carbocycles. The SMILES string of the molecule is CC1CN(C)CCN1N(C)C. The van der Waals surface area contributed by atoms with Gasteiger partial charge in [0, 0.05) is 39.8 Å². The van der Waals surface area contributed by atoms with Crippen LogP contribution in [0.1, 0.15) is 6.92 Å². The number of likely N-dealkylation sites (N-methyl/N-ethyl adjacent to an activating group) is 1.